The van der Waals surface area contributed by atoms with Crippen molar-refractivity contribution < 1.29 is 17.6 Å². The highest BCUT2D eigenvalue weighted by molar-refractivity contribution is 7.89. The van der Waals surface area contributed by atoms with Gasteiger partial charge in [-0.05, 0) is 61.9 Å². The van der Waals surface area contributed by atoms with Crippen molar-refractivity contribution in [1.82, 2.24) is 14.6 Å². The van der Waals surface area contributed by atoms with Crippen LogP contribution in [0.3, 0.4) is 0 Å². The molecule has 11 heteroatoms. The van der Waals surface area contributed by atoms with Crippen molar-refractivity contribution in [1.29, 1.82) is 0 Å². The molecule has 1 aliphatic heterocycles. The maximum Gasteiger partial charge on any atom is 0.355 e. The van der Waals surface area contributed by atoms with E-state index in [1.165, 1.54) is 6.20 Å². The minimum absolute atomic E-state index is 0.0101. The van der Waals surface area contributed by atoms with Gasteiger partial charge in [0.25, 0.3) is 6.57 Å². The molecule has 2 aromatic carbocycles. The van der Waals surface area contributed by atoms with Crippen LogP contribution in [0.15, 0.2) is 71.9 Å². The summed E-state index contributed by atoms with van der Waals surface area (Å²) in [6.07, 6.45) is 3.76. The molecule has 43 heavy (non-hydrogen) atoms. The second kappa shape index (κ2) is 14.4. The third-order valence-corrected chi connectivity index (χ3v) is 10.2. The second-order valence-corrected chi connectivity index (χ2v) is 13.5. The Balaban J connectivity index is 1.50. The minimum Gasteiger partial charge on any atom is -0.317 e. The molecule has 4 atom stereocenters. The average Bonchev–Trinajstić information content (AvgIpc) is 2.98. The lowest BCUT2D eigenvalue weighted by molar-refractivity contribution is -0.117. The topological polar surface area (TPSA) is 95.8 Å². The van der Waals surface area contributed by atoms with Gasteiger partial charge in [0.15, 0.2) is 0 Å². The predicted octanol–water partition coefficient (Wildman–Crippen LogP) is 5.96. The zero-order valence-corrected chi connectivity index (χ0v) is 26.2. The fourth-order valence-electron chi connectivity index (χ4n) is 5.86. The lowest BCUT2D eigenvalue weighted by atomic mass is 9.82. The van der Waals surface area contributed by atoms with Gasteiger partial charge in [-0.2, -0.15) is 4.31 Å². The van der Waals surface area contributed by atoms with Crippen LogP contribution < -0.4 is 10.6 Å². The fourth-order valence-corrected chi connectivity index (χ4v) is 7.85. The molecule has 8 nitrogen and oxygen atoms in total. The van der Waals surface area contributed by atoms with Crippen LogP contribution in [0.5, 0.6) is 0 Å². The Morgan fingerprint density at radius 3 is 2.51 bits per heavy atom. The Morgan fingerprint density at radius 2 is 1.86 bits per heavy atom. The van der Waals surface area contributed by atoms with Crippen LogP contribution in [0.4, 0.5) is 10.1 Å². The SMILES string of the molecule is C#[N+]C(C(=O)Nc1cncc(F)c1CCCC1CNCC(C)N1S(=O)(=O)c1ccccc1)C(c1ccc(Cl)cc1)C(C)C. The van der Waals surface area contributed by atoms with Crippen molar-refractivity contribution in [3.63, 3.8) is 0 Å². The number of sulfonamides is 1. The van der Waals surface area contributed by atoms with Crippen LogP contribution in [0.1, 0.15) is 50.7 Å². The Morgan fingerprint density at radius 1 is 1.16 bits per heavy atom. The first-order chi connectivity index (χ1) is 20.5. The molecular formula is C32H38ClFN5O3S+. The second-order valence-electron chi connectivity index (χ2n) is 11.3. The fraction of sp³-hybridized carbons (Fsp3) is 0.406. The average molecular weight is 627 g/mol. The van der Waals surface area contributed by atoms with Crippen molar-refractivity contribution in [3.05, 3.63) is 93.8 Å². The third kappa shape index (κ3) is 7.60. The number of carbonyl (C=O) groups excluding carboxylic acids is 1. The molecular weight excluding hydrogens is 589 g/mol. The van der Waals surface area contributed by atoms with Gasteiger partial charge in [-0.1, -0.05) is 60.6 Å². The Labute approximate surface area is 258 Å². The van der Waals surface area contributed by atoms with Gasteiger partial charge in [-0.3, -0.25) is 9.78 Å². The number of pyridine rings is 1. The Hall–Kier alpha value is -3.36. The third-order valence-electron chi connectivity index (χ3n) is 7.90. The van der Waals surface area contributed by atoms with E-state index in [0.717, 1.165) is 11.8 Å². The van der Waals surface area contributed by atoms with Crippen molar-refractivity contribution in [3.8, 4) is 6.57 Å². The van der Waals surface area contributed by atoms with Gasteiger partial charge >= 0.3 is 11.9 Å². The van der Waals surface area contributed by atoms with E-state index in [4.69, 9.17) is 18.2 Å². The van der Waals surface area contributed by atoms with E-state index in [1.807, 2.05) is 32.9 Å². The van der Waals surface area contributed by atoms with Crippen LogP contribution in [-0.2, 0) is 21.2 Å². The maximum atomic E-state index is 15.1. The summed E-state index contributed by atoms with van der Waals surface area (Å²) in [5.41, 5.74) is 1.39. The summed E-state index contributed by atoms with van der Waals surface area (Å²) in [6.45, 7) is 12.6. The molecule has 0 aliphatic carbocycles. The molecule has 1 amide bonds. The highest BCUT2D eigenvalue weighted by Gasteiger charge is 2.41. The molecule has 0 spiro atoms. The van der Waals surface area contributed by atoms with Gasteiger partial charge in [0.2, 0.25) is 10.0 Å². The first kappa shape index (κ1) is 32.6. The van der Waals surface area contributed by atoms with E-state index in [1.54, 1.807) is 46.8 Å². The van der Waals surface area contributed by atoms with Gasteiger partial charge in [0, 0.05) is 35.8 Å². The number of halogens is 2. The molecule has 3 aromatic rings. The van der Waals surface area contributed by atoms with E-state index in [2.05, 4.69) is 20.5 Å². The van der Waals surface area contributed by atoms with E-state index in [0.29, 0.717) is 36.5 Å². The van der Waals surface area contributed by atoms with Gasteiger partial charge in [-0.15, -0.1) is 0 Å². The van der Waals surface area contributed by atoms with Crippen molar-refractivity contribution in [2.45, 2.75) is 69.0 Å². The van der Waals surface area contributed by atoms with Gasteiger partial charge in [0.1, 0.15) is 5.82 Å². The smallest absolute Gasteiger partial charge is 0.317 e. The zero-order chi connectivity index (χ0) is 31.1. The Bertz CT molecular complexity index is 1550. The quantitative estimate of drug-likeness (QED) is 0.274. The minimum atomic E-state index is -3.72. The lowest BCUT2D eigenvalue weighted by Gasteiger charge is -2.40. The highest BCUT2D eigenvalue weighted by atomic mass is 35.5. The first-order valence-electron chi connectivity index (χ1n) is 14.4. The van der Waals surface area contributed by atoms with E-state index >= 15 is 4.39 Å². The summed E-state index contributed by atoms with van der Waals surface area (Å²) in [5, 5.41) is 6.70. The summed E-state index contributed by atoms with van der Waals surface area (Å²) < 4.78 is 43.7. The summed E-state index contributed by atoms with van der Waals surface area (Å²) >= 11 is 6.06. The van der Waals surface area contributed by atoms with E-state index < -0.39 is 27.8 Å². The number of benzene rings is 2. The number of hydrogen-bond donors (Lipinski definition) is 2. The predicted molar refractivity (Wildman–Crippen MR) is 168 cm³/mol. The molecule has 1 aromatic heterocycles. The van der Waals surface area contributed by atoms with Crippen molar-refractivity contribution in [2.75, 3.05) is 18.4 Å². The number of aromatic nitrogens is 1. The lowest BCUT2D eigenvalue weighted by Crippen LogP contribution is -2.58. The molecule has 0 radical (unpaired) electrons. The molecule has 0 saturated carbocycles. The number of anilines is 1. The van der Waals surface area contributed by atoms with Crippen LogP contribution in [0, 0.1) is 18.3 Å². The van der Waals surface area contributed by atoms with E-state index in [-0.39, 0.29) is 40.9 Å². The maximum absolute atomic E-state index is 15.1. The normalized spacial score (nSPS) is 19.0. The van der Waals surface area contributed by atoms with Gasteiger partial charge in [-0.25, -0.2) is 12.8 Å². The zero-order valence-electron chi connectivity index (χ0n) is 24.6. The summed E-state index contributed by atoms with van der Waals surface area (Å²) in [4.78, 5) is 21.6. The molecule has 1 saturated heterocycles. The molecule has 228 valence electrons. The Kier molecular flexibility index (Phi) is 10.9. The number of piperazine rings is 1. The van der Waals surface area contributed by atoms with Gasteiger partial charge in [0.05, 0.1) is 28.9 Å². The van der Waals surface area contributed by atoms with Crippen molar-refractivity contribution in [2.24, 2.45) is 5.92 Å². The monoisotopic (exact) mass is 626 g/mol. The molecule has 2 N–H and O–H groups in total. The van der Waals surface area contributed by atoms with Crippen LogP contribution in [0.2, 0.25) is 5.02 Å². The molecule has 0 bridgehead atoms. The summed E-state index contributed by atoms with van der Waals surface area (Å²) in [7, 11) is -3.72. The van der Waals surface area contributed by atoms with Gasteiger partial charge < -0.3 is 10.6 Å². The first-order valence-corrected chi connectivity index (χ1v) is 16.2. The molecule has 2 heterocycles. The number of nitrogens with zero attached hydrogens (tertiary/aromatic N) is 3. The van der Waals surface area contributed by atoms with Crippen LogP contribution in [0.25, 0.3) is 4.85 Å². The number of amides is 1. The summed E-state index contributed by atoms with van der Waals surface area (Å²) in [5.74, 6) is -1.36. The number of nitrogens with one attached hydrogen (secondary N) is 2. The highest BCUT2D eigenvalue weighted by Crippen LogP contribution is 2.32. The molecule has 1 aliphatic rings. The van der Waals surface area contributed by atoms with Crippen LogP contribution in [-0.4, -0.2) is 54.8 Å². The number of rotatable bonds is 11. The van der Waals surface area contributed by atoms with Crippen LogP contribution >= 0.6 is 11.6 Å². The standard InChI is InChI=1S/C32H37ClFN5O3S/c1-21(2)30(23-13-15-24(33)16-14-23)31(35-4)32(40)38-29-20-37-19-28(34)27(29)12-8-9-25-18-36-17-22(3)39(25)43(41,42)26-10-6-5-7-11-26/h4-7,10-11,13-16,19-22,25,30-31,36H,8-9,12,17-18H2,1-3H3/p+1. The molecule has 4 unspecified atom stereocenters. The molecule has 1 fully saturated rings. The largest absolute Gasteiger partial charge is 0.355 e. The number of hydrogen-bond acceptors (Lipinski definition) is 5. The van der Waals surface area contributed by atoms with E-state index in [9.17, 15) is 13.2 Å². The summed E-state index contributed by atoms with van der Waals surface area (Å²) in [6, 6.07) is 14.1. The van der Waals surface area contributed by atoms with Crippen molar-refractivity contribution >= 4 is 33.2 Å². The number of carbonyl (C=O) groups is 1. The molecule has 4 rings (SSSR count).